The number of amides is 1. The second-order valence-electron chi connectivity index (χ2n) is 6.82. The normalized spacial score (nSPS) is 16.2. The van der Waals surface area contributed by atoms with Crippen molar-refractivity contribution in [2.24, 2.45) is 0 Å². The summed E-state index contributed by atoms with van der Waals surface area (Å²) in [5.74, 6) is -0.118. The maximum absolute atomic E-state index is 12.5. The molecule has 0 radical (unpaired) electrons. The van der Waals surface area contributed by atoms with Crippen LogP contribution in [-0.4, -0.2) is 38.3 Å². The summed E-state index contributed by atoms with van der Waals surface area (Å²) >= 11 is 0. The molecular weight excluding hydrogens is 362 g/mol. The van der Waals surface area contributed by atoms with Gasteiger partial charge >= 0.3 is 0 Å². The van der Waals surface area contributed by atoms with E-state index in [0.29, 0.717) is 25.3 Å². The molecule has 1 fully saturated rings. The van der Waals surface area contributed by atoms with Gasteiger partial charge in [-0.1, -0.05) is 30.3 Å². The minimum Gasteiger partial charge on any atom is -0.333 e. The first kappa shape index (κ1) is 19.5. The molecule has 7 heteroatoms. The van der Waals surface area contributed by atoms with Crippen LogP contribution in [0.25, 0.3) is 0 Å². The fourth-order valence-corrected chi connectivity index (χ4v) is 4.69. The van der Waals surface area contributed by atoms with Gasteiger partial charge in [0.2, 0.25) is 10.0 Å². The topological polar surface area (TPSA) is 83.1 Å². The molecule has 3 rings (SSSR count). The Balaban J connectivity index is 1.54. The summed E-state index contributed by atoms with van der Waals surface area (Å²) in [6.07, 6.45) is 1.82. The number of hydrogen-bond donors (Lipinski definition) is 2. The van der Waals surface area contributed by atoms with Crippen LogP contribution in [0.5, 0.6) is 0 Å². The van der Waals surface area contributed by atoms with Gasteiger partial charge in [0.15, 0.2) is 6.54 Å². The van der Waals surface area contributed by atoms with Crippen molar-refractivity contribution >= 4 is 21.6 Å². The van der Waals surface area contributed by atoms with E-state index in [2.05, 4.69) is 12.2 Å². The highest BCUT2D eigenvalue weighted by Gasteiger charge is 2.26. The van der Waals surface area contributed by atoms with Crippen molar-refractivity contribution in [1.29, 1.82) is 0 Å². The Hall–Kier alpha value is -2.22. The average molecular weight is 389 g/mol. The third-order valence-electron chi connectivity index (χ3n) is 4.82. The molecule has 0 aromatic heterocycles. The molecule has 27 heavy (non-hydrogen) atoms. The number of nitrogens with one attached hydrogen (secondary N) is 1. The standard InChI is InChI=1S/C20H25N3O3S/c1-16(17-7-3-2-4-8-17)21-15-20(24)22-18-9-11-19(12-10-18)27(25,26)23-13-5-6-14-23/h2-4,7-12,16,21H,5-6,13-15H2,1H3,(H,22,24)/p+1/t16-/m0/s1. The Labute approximate surface area is 160 Å². The molecule has 0 unspecified atom stereocenters. The molecule has 6 nitrogen and oxygen atoms in total. The molecule has 0 saturated carbocycles. The zero-order valence-electron chi connectivity index (χ0n) is 15.5. The fourth-order valence-electron chi connectivity index (χ4n) is 3.18. The number of benzene rings is 2. The molecule has 3 N–H and O–H groups in total. The molecule has 1 aliphatic heterocycles. The van der Waals surface area contributed by atoms with Gasteiger partial charge in [0, 0.05) is 24.3 Å². The van der Waals surface area contributed by atoms with Gasteiger partial charge in [-0.3, -0.25) is 4.79 Å². The molecule has 144 valence electrons. The molecule has 1 heterocycles. The number of nitrogens with zero attached hydrogens (tertiary/aromatic N) is 1. The Morgan fingerprint density at radius 1 is 1.07 bits per heavy atom. The Kier molecular flexibility index (Phi) is 6.26. The van der Waals surface area contributed by atoms with E-state index in [-0.39, 0.29) is 16.8 Å². The maximum Gasteiger partial charge on any atom is 0.279 e. The van der Waals surface area contributed by atoms with Crippen LogP contribution in [0, 0.1) is 0 Å². The van der Waals surface area contributed by atoms with Crippen LogP contribution in [0.3, 0.4) is 0 Å². The highest BCUT2D eigenvalue weighted by atomic mass is 32.2. The lowest BCUT2D eigenvalue weighted by Crippen LogP contribution is -2.86. The van der Waals surface area contributed by atoms with Gasteiger partial charge in [0.1, 0.15) is 6.04 Å². The van der Waals surface area contributed by atoms with E-state index >= 15 is 0 Å². The van der Waals surface area contributed by atoms with E-state index in [4.69, 9.17) is 0 Å². The predicted octanol–water partition coefficient (Wildman–Crippen LogP) is 1.73. The smallest absolute Gasteiger partial charge is 0.279 e. The predicted molar refractivity (Wildman–Crippen MR) is 105 cm³/mol. The van der Waals surface area contributed by atoms with Crippen LogP contribution in [0.4, 0.5) is 5.69 Å². The summed E-state index contributed by atoms with van der Waals surface area (Å²) in [5.41, 5.74) is 1.77. The first-order valence-electron chi connectivity index (χ1n) is 9.25. The molecule has 0 spiro atoms. The van der Waals surface area contributed by atoms with E-state index in [0.717, 1.165) is 12.8 Å². The lowest BCUT2D eigenvalue weighted by molar-refractivity contribution is -0.682. The largest absolute Gasteiger partial charge is 0.333 e. The minimum absolute atomic E-state index is 0.118. The number of rotatable bonds is 7. The Bertz CT molecular complexity index is 861. The highest BCUT2D eigenvalue weighted by Crippen LogP contribution is 2.22. The van der Waals surface area contributed by atoms with Crippen molar-refractivity contribution in [3.05, 3.63) is 60.2 Å². The van der Waals surface area contributed by atoms with Gasteiger partial charge in [-0.15, -0.1) is 0 Å². The monoisotopic (exact) mass is 388 g/mol. The van der Waals surface area contributed by atoms with Gasteiger partial charge in [-0.25, -0.2) is 8.42 Å². The van der Waals surface area contributed by atoms with E-state index in [1.807, 2.05) is 35.6 Å². The van der Waals surface area contributed by atoms with Gasteiger partial charge in [-0.05, 0) is 44.0 Å². The van der Waals surface area contributed by atoms with E-state index in [1.165, 1.54) is 9.87 Å². The van der Waals surface area contributed by atoms with Gasteiger partial charge in [0.05, 0.1) is 4.90 Å². The van der Waals surface area contributed by atoms with Crippen LogP contribution in [0.1, 0.15) is 31.4 Å². The first-order valence-corrected chi connectivity index (χ1v) is 10.7. The van der Waals surface area contributed by atoms with Gasteiger partial charge < -0.3 is 10.6 Å². The number of quaternary nitrogens is 1. The van der Waals surface area contributed by atoms with E-state index in [9.17, 15) is 13.2 Å². The zero-order valence-corrected chi connectivity index (χ0v) is 16.3. The van der Waals surface area contributed by atoms with Crippen LogP contribution in [0.2, 0.25) is 0 Å². The van der Waals surface area contributed by atoms with Gasteiger partial charge in [0.25, 0.3) is 5.91 Å². The molecule has 1 amide bonds. The summed E-state index contributed by atoms with van der Waals surface area (Å²) in [6.45, 7) is 3.51. The summed E-state index contributed by atoms with van der Waals surface area (Å²) in [5, 5.41) is 4.79. The lowest BCUT2D eigenvalue weighted by Gasteiger charge is -2.15. The molecule has 0 bridgehead atoms. The van der Waals surface area contributed by atoms with Crippen molar-refractivity contribution in [2.75, 3.05) is 25.0 Å². The number of anilines is 1. The van der Waals surface area contributed by atoms with E-state index < -0.39 is 10.0 Å². The minimum atomic E-state index is -3.42. The Morgan fingerprint density at radius 2 is 1.70 bits per heavy atom. The Morgan fingerprint density at radius 3 is 2.33 bits per heavy atom. The first-order chi connectivity index (χ1) is 13.0. The molecule has 2 aromatic rings. The summed E-state index contributed by atoms with van der Waals surface area (Å²) in [4.78, 5) is 12.4. The summed E-state index contributed by atoms with van der Waals surface area (Å²) in [7, 11) is -3.42. The zero-order chi connectivity index (χ0) is 19.3. The van der Waals surface area contributed by atoms with E-state index in [1.54, 1.807) is 24.3 Å². The molecule has 2 aromatic carbocycles. The number of sulfonamides is 1. The molecular formula is C20H26N3O3S+. The summed E-state index contributed by atoms with van der Waals surface area (Å²) in [6, 6.07) is 16.6. The van der Waals surface area contributed by atoms with Crippen molar-refractivity contribution in [1.82, 2.24) is 4.31 Å². The van der Waals surface area contributed by atoms with Crippen molar-refractivity contribution in [3.63, 3.8) is 0 Å². The highest BCUT2D eigenvalue weighted by molar-refractivity contribution is 7.89. The summed E-state index contributed by atoms with van der Waals surface area (Å²) < 4.78 is 26.5. The number of nitrogens with two attached hydrogens (primary N) is 1. The van der Waals surface area contributed by atoms with Crippen LogP contribution >= 0.6 is 0 Å². The molecule has 1 atom stereocenters. The van der Waals surface area contributed by atoms with Crippen molar-refractivity contribution < 1.29 is 18.5 Å². The number of carbonyl (C=O) groups is 1. The number of hydrogen-bond acceptors (Lipinski definition) is 3. The molecule has 0 aliphatic carbocycles. The van der Waals surface area contributed by atoms with Crippen LogP contribution in [-0.2, 0) is 14.8 Å². The SMILES string of the molecule is C[C@H]([NH2+]CC(=O)Nc1ccc(S(=O)(=O)N2CCCC2)cc1)c1ccccc1. The van der Waals surface area contributed by atoms with Crippen molar-refractivity contribution in [2.45, 2.75) is 30.7 Å². The van der Waals surface area contributed by atoms with Gasteiger partial charge in [-0.2, -0.15) is 4.31 Å². The third kappa shape index (κ3) is 4.94. The second-order valence-corrected chi connectivity index (χ2v) is 8.76. The average Bonchev–Trinajstić information content (AvgIpc) is 3.23. The van der Waals surface area contributed by atoms with Crippen LogP contribution in [0.15, 0.2) is 59.5 Å². The quantitative estimate of drug-likeness (QED) is 0.758. The third-order valence-corrected chi connectivity index (χ3v) is 6.74. The number of carbonyl (C=O) groups excluding carboxylic acids is 1. The van der Waals surface area contributed by atoms with Crippen LogP contribution < -0.4 is 10.6 Å². The molecule has 1 aliphatic rings. The molecule has 1 saturated heterocycles. The second kappa shape index (κ2) is 8.65. The maximum atomic E-state index is 12.5. The lowest BCUT2D eigenvalue weighted by atomic mass is 10.1. The fraction of sp³-hybridized carbons (Fsp3) is 0.350. The van der Waals surface area contributed by atoms with Crippen molar-refractivity contribution in [3.8, 4) is 0 Å².